The molecule has 2 N–H and O–H groups in total. The van der Waals surface area contributed by atoms with E-state index in [9.17, 15) is 4.79 Å². The Labute approximate surface area is 127 Å². The van der Waals surface area contributed by atoms with E-state index in [1.165, 1.54) is 5.56 Å². The van der Waals surface area contributed by atoms with Crippen molar-refractivity contribution in [1.82, 2.24) is 10.6 Å². The number of nitrogens with one attached hydrogen (secondary N) is 2. The second kappa shape index (κ2) is 7.46. The number of nitrogens with zero attached hydrogens (tertiary/aromatic N) is 1. The number of carbonyl (C=O) groups is 1. The number of hydrogen-bond acceptors (Lipinski definition) is 3. The second-order valence-corrected chi connectivity index (χ2v) is 5.52. The van der Waals surface area contributed by atoms with Crippen LogP contribution in [0.4, 0.5) is 5.69 Å². The Morgan fingerprint density at radius 1 is 1.29 bits per heavy atom. The van der Waals surface area contributed by atoms with E-state index in [-0.39, 0.29) is 11.9 Å². The lowest BCUT2D eigenvalue weighted by Gasteiger charge is -2.36. The first kappa shape index (κ1) is 15.8. The van der Waals surface area contributed by atoms with Crippen molar-refractivity contribution in [3.05, 3.63) is 29.8 Å². The first-order chi connectivity index (χ1) is 10.2. The predicted octanol–water partition coefficient (Wildman–Crippen LogP) is 2.46. The molecule has 0 spiro atoms. The van der Waals surface area contributed by atoms with E-state index >= 15 is 0 Å². The largest absolute Gasteiger partial charge is 0.358 e. The molecule has 2 atom stereocenters. The summed E-state index contributed by atoms with van der Waals surface area (Å²) < 4.78 is 0. The van der Waals surface area contributed by atoms with E-state index in [0.29, 0.717) is 6.04 Å². The average Bonchev–Trinajstić information content (AvgIpc) is 2.52. The van der Waals surface area contributed by atoms with Crippen LogP contribution in [-0.4, -0.2) is 31.6 Å². The monoisotopic (exact) mass is 289 g/mol. The van der Waals surface area contributed by atoms with Gasteiger partial charge < -0.3 is 15.5 Å². The Hall–Kier alpha value is -1.55. The van der Waals surface area contributed by atoms with Crippen LogP contribution < -0.4 is 15.5 Å². The maximum Gasteiger partial charge on any atom is 0.242 e. The van der Waals surface area contributed by atoms with E-state index < -0.39 is 0 Å². The number of hydrogen-bond donors (Lipinski definition) is 2. The third-order valence-corrected chi connectivity index (χ3v) is 4.20. The number of benzene rings is 1. The Bertz CT molecular complexity index is 458. The lowest BCUT2D eigenvalue weighted by atomic mass is 10.0. The van der Waals surface area contributed by atoms with Crippen molar-refractivity contribution in [2.45, 2.75) is 45.7 Å². The minimum absolute atomic E-state index is 0.0414. The van der Waals surface area contributed by atoms with Gasteiger partial charge in [-0.15, -0.1) is 0 Å². The van der Waals surface area contributed by atoms with Crippen molar-refractivity contribution in [3.8, 4) is 0 Å². The number of piperazine rings is 1. The van der Waals surface area contributed by atoms with Gasteiger partial charge in [-0.05, 0) is 37.1 Å². The molecule has 1 fully saturated rings. The van der Waals surface area contributed by atoms with Gasteiger partial charge >= 0.3 is 0 Å². The standard InChI is InChI=1S/C17H27N3O/c1-4-15(18-6-3)13-7-9-14(10-8-13)20-12-11-19-17(21)16(20)5-2/h7-10,15-16,18H,4-6,11-12H2,1-3H3,(H,19,21). The van der Waals surface area contributed by atoms with Crippen LogP contribution in [0.3, 0.4) is 0 Å². The van der Waals surface area contributed by atoms with Crippen molar-refractivity contribution >= 4 is 11.6 Å². The lowest BCUT2D eigenvalue weighted by Crippen LogP contribution is -2.55. The first-order valence-electron chi connectivity index (χ1n) is 8.08. The lowest BCUT2D eigenvalue weighted by molar-refractivity contribution is -0.123. The Balaban J connectivity index is 2.15. The van der Waals surface area contributed by atoms with Gasteiger partial charge in [0.15, 0.2) is 0 Å². The molecule has 1 amide bonds. The highest BCUT2D eigenvalue weighted by Gasteiger charge is 2.28. The van der Waals surface area contributed by atoms with E-state index in [4.69, 9.17) is 0 Å². The van der Waals surface area contributed by atoms with Crippen LogP contribution >= 0.6 is 0 Å². The predicted molar refractivity (Wildman–Crippen MR) is 87.6 cm³/mol. The average molecular weight is 289 g/mol. The number of amides is 1. The van der Waals surface area contributed by atoms with Crippen LogP contribution in [0.2, 0.25) is 0 Å². The third-order valence-electron chi connectivity index (χ3n) is 4.20. The molecule has 1 heterocycles. The van der Waals surface area contributed by atoms with Gasteiger partial charge in [-0.2, -0.15) is 0 Å². The topological polar surface area (TPSA) is 44.4 Å². The Kier molecular flexibility index (Phi) is 5.62. The zero-order valence-corrected chi connectivity index (χ0v) is 13.4. The summed E-state index contributed by atoms with van der Waals surface area (Å²) in [6.45, 7) is 8.98. The van der Waals surface area contributed by atoms with Gasteiger partial charge in [0.1, 0.15) is 6.04 Å². The molecular formula is C17H27N3O. The molecule has 1 aliphatic heterocycles. The number of carbonyl (C=O) groups excluding carboxylic acids is 1. The molecule has 4 nitrogen and oxygen atoms in total. The summed E-state index contributed by atoms with van der Waals surface area (Å²) in [5.41, 5.74) is 2.46. The van der Waals surface area contributed by atoms with Crippen LogP contribution in [0.5, 0.6) is 0 Å². The van der Waals surface area contributed by atoms with E-state index in [2.05, 4.69) is 60.6 Å². The number of anilines is 1. The van der Waals surface area contributed by atoms with Gasteiger partial charge in [0.25, 0.3) is 0 Å². The van der Waals surface area contributed by atoms with Gasteiger partial charge in [-0.1, -0.05) is 32.9 Å². The van der Waals surface area contributed by atoms with Crippen LogP contribution in [0, 0.1) is 0 Å². The normalized spacial score (nSPS) is 20.2. The molecule has 0 radical (unpaired) electrons. The molecule has 1 aliphatic rings. The zero-order chi connectivity index (χ0) is 15.2. The molecule has 116 valence electrons. The quantitative estimate of drug-likeness (QED) is 0.845. The molecule has 1 aromatic carbocycles. The van der Waals surface area contributed by atoms with Crippen molar-refractivity contribution in [2.75, 3.05) is 24.5 Å². The molecular weight excluding hydrogens is 262 g/mol. The fourth-order valence-electron chi connectivity index (χ4n) is 3.07. The highest BCUT2D eigenvalue weighted by Crippen LogP contribution is 2.24. The molecule has 0 aliphatic carbocycles. The van der Waals surface area contributed by atoms with Gasteiger partial charge in [-0.3, -0.25) is 4.79 Å². The summed E-state index contributed by atoms with van der Waals surface area (Å²) in [5.74, 6) is 0.145. The van der Waals surface area contributed by atoms with E-state index in [0.717, 1.165) is 38.2 Å². The van der Waals surface area contributed by atoms with Gasteiger partial charge in [0.05, 0.1) is 0 Å². The summed E-state index contributed by atoms with van der Waals surface area (Å²) >= 11 is 0. The summed E-state index contributed by atoms with van der Waals surface area (Å²) in [4.78, 5) is 14.2. The molecule has 2 unspecified atom stereocenters. The van der Waals surface area contributed by atoms with E-state index in [1.807, 2.05) is 0 Å². The van der Waals surface area contributed by atoms with Gasteiger partial charge in [0.2, 0.25) is 5.91 Å². The summed E-state index contributed by atoms with van der Waals surface area (Å²) in [7, 11) is 0. The molecule has 4 heteroatoms. The minimum Gasteiger partial charge on any atom is -0.358 e. The van der Waals surface area contributed by atoms with Gasteiger partial charge in [-0.25, -0.2) is 0 Å². The highest BCUT2D eigenvalue weighted by molar-refractivity contribution is 5.86. The van der Waals surface area contributed by atoms with Crippen LogP contribution in [0.1, 0.15) is 45.2 Å². The molecule has 2 rings (SSSR count). The molecule has 21 heavy (non-hydrogen) atoms. The van der Waals surface area contributed by atoms with Crippen molar-refractivity contribution in [3.63, 3.8) is 0 Å². The van der Waals surface area contributed by atoms with Crippen LogP contribution in [0.15, 0.2) is 24.3 Å². The number of rotatable bonds is 6. The smallest absolute Gasteiger partial charge is 0.242 e. The zero-order valence-electron chi connectivity index (χ0n) is 13.4. The molecule has 1 saturated heterocycles. The molecule has 0 aromatic heterocycles. The second-order valence-electron chi connectivity index (χ2n) is 5.52. The first-order valence-corrected chi connectivity index (χ1v) is 8.08. The SMILES string of the molecule is CCNC(CC)c1ccc(N2CCNC(=O)C2CC)cc1. The Morgan fingerprint density at radius 3 is 2.57 bits per heavy atom. The minimum atomic E-state index is -0.0414. The maximum absolute atomic E-state index is 12.0. The van der Waals surface area contributed by atoms with Crippen molar-refractivity contribution < 1.29 is 4.79 Å². The maximum atomic E-state index is 12.0. The summed E-state index contributed by atoms with van der Waals surface area (Å²) in [6, 6.07) is 9.04. The fraction of sp³-hybridized carbons (Fsp3) is 0.588. The summed E-state index contributed by atoms with van der Waals surface area (Å²) in [6.07, 6.45) is 1.92. The third kappa shape index (κ3) is 3.56. The van der Waals surface area contributed by atoms with Crippen molar-refractivity contribution in [1.29, 1.82) is 0 Å². The fourth-order valence-corrected chi connectivity index (χ4v) is 3.07. The Morgan fingerprint density at radius 2 is 2.00 bits per heavy atom. The van der Waals surface area contributed by atoms with Crippen LogP contribution in [0.25, 0.3) is 0 Å². The van der Waals surface area contributed by atoms with Crippen LogP contribution in [-0.2, 0) is 4.79 Å². The van der Waals surface area contributed by atoms with Crippen molar-refractivity contribution in [2.24, 2.45) is 0 Å². The molecule has 1 aromatic rings. The van der Waals surface area contributed by atoms with Gasteiger partial charge in [0, 0.05) is 24.8 Å². The molecule has 0 saturated carbocycles. The molecule has 0 bridgehead atoms. The highest BCUT2D eigenvalue weighted by atomic mass is 16.2. The van der Waals surface area contributed by atoms with E-state index in [1.54, 1.807) is 0 Å². The summed E-state index contributed by atoms with van der Waals surface area (Å²) in [5, 5.41) is 6.44.